The summed E-state index contributed by atoms with van der Waals surface area (Å²) in [5, 5.41) is 3.49. The third-order valence-electron chi connectivity index (χ3n) is 3.29. The number of thiophene rings is 1. The molecule has 1 atom stereocenters. The number of benzene rings is 1. The Hall–Kier alpha value is -0.710. The second kappa shape index (κ2) is 6.83. The molecule has 0 amide bonds. The molecule has 0 saturated heterocycles. The molecular formula is C16H19BrFNS. The molecule has 0 radical (unpaired) electrons. The molecule has 0 aliphatic heterocycles. The summed E-state index contributed by atoms with van der Waals surface area (Å²) in [6.07, 6.45) is 1.13. The molecule has 108 valence electrons. The van der Waals surface area contributed by atoms with E-state index in [1.165, 1.54) is 9.75 Å². The van der Waals surface area contributed by atoms with Gasteiger partial charge >= 0.3 is 0 Å². The maximum absolute atomic E-state index is 13.5. The Labute approximate surface area is 132 Å². The van der Waals surface area contributed by atoms with Crippen molar-refractivity contribution in [2.45, 2.75) is 33.2 Å². The fourth-order valence-electron chi connectivity index (χ4n) is 2.10. The van der Waals surface area contributed by atoms with E-state index < -0.39 is 0 Å². The minimum Gasteiger partial charge on any atom is -0.309 e. The van der Waals surface area contributed by atoms with Crippen LogP contribution in [0.1, 0.15) is 36.8 Å². The first kappa shape index (κ1) is 15.7. The van der Waals surface area contributed by atoms with Crippen LogP contribution in [0.5, 0.6) is 0 Å². The van der Waals surface area contributed by atoms with Gasteiger partial charge in [-0.3, -0.25) is 0 Å². The molecule has 20 heavy (non-hydrogen) atoms. The van der Waals surface area contributed by atoms with Crippen LogP contribution < -0.4 is 5.32 Å². The van der Waals surface area contributed by atoms with Crippen molar-refractivity contribution in [2.24, 2.45) is 0 Å². The molecule has 1 aromatic carbocycles. The van der Waals surface area contributed by atoms with Crippen molar-refractivity contribution < 1.29 is 4.39 Å². The van der Waals surface area contributed by atoms with E-state index in [9.17, 15) is 4.39 Å². The van der Waals surface area contributed by atoms with Crippen LogP contribution in [0.4, 0.5) is 4.39 Å². The van der Waals surface area contributed by atoms with Gasteiger partial charge in [0, 0.05) is 15.8 Å². The van der Waals surface area contributed by atoms with Crippen molar-refractivity contribution in [3.8, 4) is 10.4 Å². The molecule has 0 fully saturated rings. The van der Waals surface area contributed by atoms with E-state index in [0.717, 1.165) is 24.1 Å². The third kappa shape index (κ3) is 3.48. The van der Waals surface area contributed by atoms with Gasteiger partial charge in [-0.15, -0.1) is 11.3 Å². The number of aryl methyl sites for hydroxylation is 1. The normalized spacial score (nSPS) is 12.7. The highest BCUT2D eigenvalue weighted by atomic mass is 79.9. The Morgan fingerprint density at radius 3 is 2.80 bits per heavy atom. The molecule has 1 aromatic heterocycles. The largest absolute Gasteiger partial charge is 0.309 e. The maximum atomic E-state index is 13.5. The highest BCUT2D eigenvalue weighted by molar-refractivity contribution is 9.10. The van der Waals surface area contributed by atoms with Crippen molar-refractivity contribution in [2.75, 3.05) is 6.54 Å². The van der Waals surface area contributed by atoms with Crippen molar-refractivity contribution in [3.05, 3.63) is 45.0 Å². The lowest BCUT2D eigenvalue weighted by molar-refractivity contribution is 0.578. The van der Waals surface area contributed by atoms with Gasteiger partial charge in [0.2, 0.25) is 0 Å². The van der Waals surface area contributed by atoms with E-state index in [2.05, 4.69) is 47.2 Å². The van der Waals surface area contributed by atoms with E-state index in [4.69, 9.17) is 0 Å². The highest BCUT2D eigenvalue weighted by Crippen LogP contribution is 2.35. The van der Waals surface area contributed by atoms with Crippen LogP contribution in [0.2, 0.25) is 0 Å². The molecule has 1 nitrogen and oxygen atoms in total. The molecule has 0 aliphatic carbocycles. The van der Waals surface area contributed by atoms with Crippen molar-refractivity contribution >= 4 is 27.3 Å². The van der Waals surface area contributed by atoms with Gasteiger partial charge in [-0.2, -0.15) is 0 Å². The van der Waals surface area contributed by atoms with Crippen molar-refractivity contribution in [1.29, 1.82) is 0 Å². The number of hydrogen-bond donors (Lipinski definition) is 1. The highest BCUT2D eigenvalue weighted by Gasteiger charge is 2.12. The molecule has 2 rings (SSSR count). The van der Waals surface area contributed by atoms with Crippen LogP contribution in [-0.4, -0.2) is 6.54 Å². The van der Waals surface area contributed by atoms with Gasteiger partial charge < -0.3 is 5.32 Å². The monoisotopic (exact) mass is 355 g/mol. The lowest BCUT2D eigenvalue weighted by Gasteiger charge is -2.10. The SMILES string of the molecule is CCCNC(C)c1ccc(-c2cc(Br)c(F)cc2C)s1. The van der Waals surface area contributed by atoms with Gasteiger partial charge in [0.25, 0.3) is 0 Å². The summed E-state index contributed by atoms with van der Waals surface area (Å²) >= 11 is 5.03. The average molecular weight is 356 g/mol. The fourth-order valence-corrected chi connectivity index (χ4v) is 3.56. The van der Waals surface area contributed by atoms with E-state index in [1.54, 1.807) is 17.4 Å². The molecule has 0 aliphatic rings. The molecule has 1 heterocycles. The quantitative estimate of drug-likeness (QED) is 0.726. The van der Waals surface area contributed by atoms with Gasteiger partial charge in [0.05, 0.1) is 4.47 Å². The Balaban J connectivity index is 2.27. The molecular weight excluding hydrogens is 337 g/mol. The fraction of sp³-hybridized carbons (Fsp3) is 0.375. The predicted molar refractivity (Wildman–Crippen MR) is 88.9 cm³/mol. The van der Waals surface area contributed by atoms with Crippen molar-refractivity contribution in [1.82, 2.24) is 5.32 Å². The summed E-state index contributed by atoms with van der Waals surface area (Å²) in [6, 6.07) is 8.08. The van der Waals surface area contributed by atoms with Crippen LogP contribution in [0, 0.1) is 12.7 Å². The van der Waals surface area contributed by atoms with Crippen LogP contribution in [-0.2, 0) is 0 Å². The summed E-state index contributed by atoms with van der Waals surface area (Å²) < 4.78 is 14.0. The van der Waals surface area contributed by atoms with Crippen LogP contribution in [0.3, 0.4) is 0 Å². The minimum absolute atomic E-state index is 0.207. The lowest BCUT2D eigenvalue weighted by atomic mass is 10.1. The van der Waals surface area contributed by atoms with E-state index in [-0.39, 0.29) is 5.82 Å². The molecule has 0 saturated carbocycles. The summed E-state index contributed by atoms with van der Waals surface area (Å²) in [5.74, 6) is -0.207. The van der Waals surface area contributed by atoms with Gasteiger partial charge in [0.1, 0.15) is 5.82 Å². The zero-order valence-corrected chi connectivity index (χ0v) is 14.4. The second-order valence-electron chi connectivity index (χ2n) is 4.96. The minimum atomic E-state index is -0.207. The van der Waals surface area contributed by atoms with Gasteiger partial charge in [-0.05, 0) is 78.1 Å². The third-order valence-corrected chi connectivity index (χ3v) is 5.20. The lowest BCUT2D eigenvalue weighted by Crippen LogP contribution is -2.18. The summed E-state index contributed by atoms with van der Waals surface area (Å²) in [4.78, 5) is 2.50. The zero-order chi connectivity index (χ0) is 14.7. The number of hydrogen-bond acceptors (Lipinski definition) is 2. The number of rotatable bonds is 5. The van der Waals surface area contributed by atoms with Gasteiger partial charge in [-0.1, -0.05) is 6.92 Å². The van der Waals surface area contributed by atoms with Crippen LogP contribution in [0.15, 0.2) is 28.7 Å². The molecule has 0 spiro atoms. The maximum Gasteiger partial charge on any atom is 0.137 e. The summed E-state index contributed by atoms with van der Waals surface area (Å²) in [7, 11) is 0. The van der Waals surface area contributed by atoms with E-state index in [1.807, 2.05) is 13.0 Å². The molecule has 2 aromatic rings. The molecule has 0 bridgehead atoms. The van der Waals surface area contributed by atoms with E-state index in [0.29, 0.717) is 10.5 Å². The first-order valence-electron chi connectivity index (χ1n) is 6.82. The summed E-state index contributed by atoms with van der Waals surface area (Å²) in [5.41, 5.74) is 2.06. The first-order valence-corrected chi connectivity index (χ1v) is 8.43. The topological polar surface area (TPSA) is 12.0 Å². The smallest absolute Gasteiger partial charge is 0.137 e. The first-order chi connectivity index (χ1) is 9.52. The van der Waals surface area contributed by atoms with Crippen LogP contribution in [0.25, 0.3) is 10.4 Å². The Bertz CT molecular complexity index is 594. The Morgan fingerprint density at radius 2 is 2.10 bits per heavy atom. The second-order valence-corrected chi connectivity index (χ2v) is 6.93. The van der Waals surface area contributed by atoms with Gasteiger partial charge in [-0.25, -0.2) is 4.39 Å². The Kier molecular flexibility index (Phi) is 5.35. The predicted octanol–water partition coefficient (Wildman–Crippen LogP) is 5.69. The van der Waals surface area contributed by atoms with Gasteiger partial charge in [0.15, 0.2) is 0 Å². The number of nitrogens with one attached hydrogen (secondary N) is 1. The van der Waals surface area contributed by atoms with Crippen LogP contribution >= 0.6 is 27.3 Å². The summed E-state index contributed by atoms with van der Waals surface area (Å²) in [6.45, 7) is 7.32. The number of halogens is 2. The standard InChI is InChI=1S/C16H19BrFNS/c1-4-7-19-11(3)15-5-6-16(20-15)12-9-13(17)14(18)8-10(12)2/h5-6,8-9,11,19H,4,7H2,1-3H3. The molecule has 1 unspecified atom stereocenters. The molecule has 1 N–H and O–H groups in total. The Morgan fingerprint density at radius 1 is 1.35 bits per heavy atom. The zero-order valence-electron chi connectivity index (χ0n) is 12.0. The molecule has 4 heteroatoms. The average Bonchev–Trinajstić information content (AvgIpc) is 2.89. The van der Waals surface area contributed by atoms with E-state index >= 15 is 0 Å². The van der Waals surface area contributed by atoms with Crippen molar-refractivity contribution in [3.63, 3.8) is 0 Å².